The third-order valence-corrected chi connectivity index (χ3v) is 28.6. The van der Waals surface area contributed by atoms with Gasteiger partial charge < -0.3 is 33.5 Å². The first-order chi connectivity index (χ1) is 68.8. The Kier molecular flexibility index (Phi) is 54.3. The molecule has 0 atom stereocenters. The van der Waals surface area contributed by atoms with Crippen LogP contribution >= 0.6 is 0 Å². The first-order valence-electron chi connectivity index (χ1n) is 54.2. The van der Waals surface area contributed by atoms with Gasteiger partial charge in [-0.25, -0.2) is 0 Å². The van der Waals surface area contributed by atoms with E-state index in [1.165, 1.54) is 0 Å². The number of fused-ring (bicyclic) bond motifs is 2. The van der Waals surface area contributed by atoms with Crippen LogP contribution in [0.3, 0.4) is 0 Å². The highest BCUT2D eigenvalue weighted by atomic mass is 16.5. The van der Waals surface area contributed by atoms with Crippen LogP contribution in [0.5, 0.6) is 17.2 Å². The molecule has 0 saturated carbocycles. The number of ether oxygens (including phenoxy) is 5. The lowest BCUT2D eigenvalue weighted by Gasteiger charge is -2.33. The largest absolute Gasteiger partial charge is 0.490 e. The highest BCUT2D eigenvalue weighted by Gasteiger charge is 2.37. The summed E-state index contributed by atoms with van der Waals surface area (Å²) in [4.78, 5) is 164. The normalized spacial score (nSPS) is 11.6. The molecule has 2 aromatic heterocycles. The van der Waals surface area contributed by atoms with Crippen molar-refractivity contribution in [1.29, 1.82) is 0 Å². The third-order valence-electron chi connectivity index (χ3n) is 28.6. The predicted molar refractivity (Wildman–Crippen MR) is 572 cm³/mol. The van der Waals surface area contributed by atoms with Crippen LogP contribution in [-0.2, 0) is 46.3 Å². The average Bonchev–Trinajstić information content (AvgIpc) is 0.820. The Hall–Kier alpha value is -10.3. The molecule has 0 unspecified atom stereocenters. The first kappa shape index (κ1) is 117. The second-order valence-electron chi connectivity index (χ2n) is 39.5. The molecule has 2 heterocycles. The van der Waals surface area contributed by atoms with E-state index < -0.39 is 5.41 Å². The number of Topliss-reactive ketones (excluding diaryl/α,β-unsaturated/α-hetero) is 11. The molecular formula is C122H168N4O16. The molecule has 772 valence electrons. The van der Waals surface area contributed by atoms with Crippen molar-refractivity contribution in [3.8, 4) is 17.2 Å². The van der Waals surface area contributed by atoms with Gasteiger partial charge in [0.1, 0.15) is 28.9 Å². The van der Waals surface area contributed by atoms with Crippen molar-refractivity contribution >= 4 is 85.4 Å². The van der Waals surface area contributed by atoms with Gasteiger partial charge in [0.05, 0.1) is 30.9 Å². The van der Waals surface area contributed by atoms with E-state index in [1.807, 2.05) is 145 Å². The summed E-state index contributed by atoms with van der Waals surface area (Å²) in [5, 5.41) is 1.74. The molecule has 0 amide bonds. The molecule has 8 aromatic rings. The number of pyridine rings is 2. The van der Waals surface area contributed by atoms with E-state index >= 15 is 4.79 Å². The fourth-order valence-corrected chi connectivity index (χ4v) is 19.0. The number of hydrogen-bond acceptors (Lipinski definition) is 20. The Morgan fingerprint density at radius 1 is 0.296 bits per heavy atom. The minimum absolute atomic E-state index is 0.0861. The fourth-order valence-electron chi connectivity index (χ4n) is 19.0. The zero-order chi connectivity index (χ0) is 102. The van der Waals surface area contributed by atoms with E-state index in [4.69, 9.17) is 23.7 Å². The maximum Gasteiger partial charge on any atom is 0.203 e. The fraction of sp³-hybridized carbons (Fsp3) is 0.566. The van der Waals surface area contributed by atoms with Crippen molar-refractivity contribution in [3.05, 3.63) is 206 Å². The molecule has 0 saturated heterocycles. The summed E-state index contributed by atoms with van der Waals surface area (Å²) in [6, 6.07) is 36.4. The van der Waals surface area contributed by atoms with Gasteiger partial charge in [0.25, 0.3) is 0 Å². The smallest absolute Gasteiger partial charge is 0.203 e. The van der Waals surface area contributed by atoms with Gasteiger partial charge in [-0.1, -0.05) is 165 Å². The van der Waals surface area contributed by atoms with Crippen LogP contribution < -0.4 is 14.2 Å². The van der Waals surface area contributed by atoms with Crippen LogP contribution in [0, 0.1) is 47.0 Å². The summed E-state index contributed by atoms with van der Waals surface area (Å²) in [7, 11) is 0. The lowest BCUT2D eigenvalue weighted by molar-refractivity contribution is -0.130. The lowest BCUT2D eigenvalue weighted by Crippen LogP contribution is -2.32. The van der Waals surface area contributed by atoms with Crippen LogP contribution in [0.2, 0.25) is 0 Å². The van der Waals surface area contributed by atoms with Crippen LogP contribution in [0.15, 0.2) is 128 Å². The minimum atomic E-state index is -0.758. The van der Waals surface area contributed by atoms with Gasteiger partial charge in [-0.05, 0) is 297 Å². The van der Waals surface area contributed by atoms with Gasteiger partial charge in [0.15, 0.2) is 46.2 Å². The van der Waals surface area contributed by atoms with Crippen molar-refractivity contribution in [3.63, 3.8) is 0 Å². The molecule has 142 heavy (non-hydrogen) atoms. The number of carbonyl (C=O) groups is 11. The van der Waals surface area contributed by atoms with Gasteiger partial charge in [0, 0.05) is 185 Å². The number of ketones is 11. The summed E-state index contributed by atoms with van der Waals surface area (Å²) in [6.45, 7) is 31.0. The van der Waals surface area contributed by atoms with Gasteiger partial charge in [-0.3, -0.25) is 62.7 Å². The standard InChI is InChI=1S/C122H168N4O16/c1-12-17-18-19-33-79-142-121-118(140-77-34-21-23-48-103(127)50-41-73-138-75-43-52-105(129)80-96-64-66-98-84-101(88-123-110(98)82-96)113(132)61-39-71-125(13-2)14-3)86-100(87-119(121)141-78-35-22-24-49-104(128)51-42-74-139-76-44-53-106(130)81-97-65-67-99-85-102(89-124-111(99)83-97)114(133)62-40-72-126(15-4)16-5)112(131)57-25-20-26-63-120(137)122(68-30-27-58-115(134)107-54-36-45-90(6)93(107)9,69-31-28-59-116(135)108-55-37-46-91(7)94(108)10)70-32-29-60-117(136)109-56-38-47-92(8)95(109)11/h36-38,45-47,54-56,64-67,82-89H,12-35,39-44,48-53,57-63,68-81H2,1-11H3. The molecular weight excluding hydrogens is 1780 g/mol. The maximum absolute atomic E-state index is 15.5. The predicted octanol–water partition coefficient (Wildman–Crippen LogP) is 27.4. The van der Waals surface area contributed by atoms with E-state index in [1.54, 1.807) is 24.5 Å². The number of carbonyl (C=O) groups excluding carboxylic acids is 11. The number of hydrogen-bond donors (Lipinski definition) is 0. The SMILES string of the molecule is CCCCCCCOc1c(OCCCCCC(=O)CCCOCCCC(=O)Cc2ccc3cc(C(=O)CCCN(CC)CC)cnc3c2)cc(C(=O)CCCCCC(=O)C(CCCCC(=O)c2cccc(C)c2C)(CCCCC(=O)c2cccc(C)c2C)CCCCC(=O)c2cccc(C)c2C)cc1OCCCCCC(=O)CCCOCCCC(=O)Cc1ccc2cc(C(=O)CCCN(CC)CC)cnc2c1. The molecule has 0 aliphatic rings. The van der Waals surface area contributed by atoms with Crippen LogP contribution in [-0.4, -0.2) is 169 Å². The Bertz CT molecular complexity index is 4970. The van der Waals surface area contributed by atoms with Gasteiger partial charge in [-0.15, -0.1) is 0 Å². The molecule has 0 N–H and O–H groups in total. The molecule has 6 aromatic carbocycles. The molecule has 0 radical (unpaired) electrons. The second kappa shape index (κ2) is 65.9. The minimum Gasteiger partial charge on any atom is -0.490 e. The lowest BCUT2D eigenvalue weighted by atomic mass is 9.69. The topological polar surface area (TPSA) is 266 Å². The highest BCUT2D eigenvalue weighted by Crippen LogP contribution is 2.43. The molecule has 20 nitrogen and oxygen atoms in total. The van der Waals surface area contributed by atoms with Crippen molar-refractivity contribution in [2.75, 3.05) is 85.5 Å². The van der Waals surface area contributed by atoms with E-state index in [-0.39, 0.29) is 82.9 Å². The van der Waals surface area contributed by atoms with Gasteiger partial charge in [0.2, 0.25) is 5.75 Å². The molecule has 0 fully saturated rings. The van der Waals surface area contributed by atoms with Gasteiger partial charge >= 0.3 is 0 Å². The Morgan fingerprint density at radius 2 is 0.627 bits per heavy atom. The Balaban J connectivity index is 0.858. The Morgan fingerprint density at radius 3 is 1.03 bits per heavy atom. The summed E-state index contributed by atoms with van der Waals surface area (Å²) < 4.78 is 31.7. The summed E-state index contributed by atoms with van der Waals surface area (Å²) >= 11 is 0. The number of aryl methyl sites for hydroxylation is 3. The third kappa shape index (κ3) is 41.5. The van der Waals surface area contributed by atoms with Crippen molar-refractivity contribution in [2.45, 2.75) is 359 Å². The van der Waals surface area contributed by atoms with E-state index in [9.17, 15) is 47.9 Å². The van der Waals surface area contributed by atoms with E-state index in [2.05, 4.69) is 54.4 Å². The zero-order valence-corrected chi connectivity index (χ0v) is 88.3. The molecule has 20 heteroatoms. The maximum atomic E-state index is 15.5. The average molecular weight is 1950 g/mol. The van der Waals surface area contributed by atoms with E-state index in [0.29, 0.717) is 286 Å². The van der Waals surface area contributed by atoms with Crippen LogP contribution in [0.25, 0.3) is 21.8 Å². The summed E-state index contributed by atoms with van der Waals surface area (Å²) in [5.41, 5.74) is 12.4. The molecule has 0 bridgehead atoms. The second-order valence-corrected chi connectivity index (χ2v) is 39.5. The molecule has 0 spiro atoms. The monoisotopic (exact) mass is 1950 g/mol. The highest BCUT2D eigenvalue weighted by molar-refractivity contribution is 6.02. The molecule has 8 rings (SSSR count). The van der Waals surface area contributed by atoms with Crippen LogP contribution in [0.4, 0.5) is 0 Å². The number of unbranched alkanes of at least 4 members (excludes halogenated alkanes) is 13. The number of rotatable bonds is 81. The van der Waals surface area contributed by atoms with Gasteiger partial charge in [-0.2, -0.15) is 0 Å². The quantitative estimate of drug-likeness (QED) is 0.0253. The molecule has 0 aliphatic carbocycles. The summed E-state index contributed by atoms with van der Waals surface area (Å²) in [5.74, 6) is 2.24. The van der Waals surface area contributed by atoms with Crippen molar-refractivity contribution in [1.82, 2.24) is 19.8 Å². The number of aromatic nitrogens is 2. The zero-order valence-electron chi connectivity index (χ0n) is 88.3. The number of benzene rings is 6. The number of nitrogens with zero attached hydrogens (tertiary/aromatic N) is 4. The van der Waals surface area contributed by atoms with Crippen molar-refractivity contribution < 1.29 is 76.4 Å². The Labute approximate surface area is 849 Å². The van der Waals surface area contributed by atoms with Crippen LogP contribution in [0.1, 0.15) is 411 Å². The van der Waals surface area contributed by atoms with E-state index in [0.717, 1.165) is 180 Å². The molecule has 0 aliphatic heterocycles. The van der Waals surface area contributed by atoms with Crippen molar-refractivity contribution in [2.24, 2.45) is 5.41 Å². The first-order valence-corrected chi connectivity index (χ1v) is 54.2. The summed E-state index contributed by atoms with van der Waals surface area (Å²) in [6.07, 6.45) is 29.0.